The molecule has 0 bridgehead atoms. The molecule has 2 fully saturated rings. The molecular formula is C93H121FN16O19S. The Hall–Kier alpha value is -13.1. The van der Waals surface area contributed by atoms with Gasteiger partial charge in [0.25, 0.3) is 0 Å². The molecule has 3 heterocycles. The fourth-order valence-corrected chi connectivity index (χ4v) is 16.7. The number of nitrogens with zero attached hydrogens (tertiary/aromatic N) is 5. The Morgan fingerprint density at radius 1 is 0.577 bits per heavy atom. The van der Waals surface area contributed by atoms with Crippen molar-refractivity contribution in [1.82, 2.24) is 72.0 Å². The number of unbranched alkanes of at least 4 members (excludes halogenated alkanes) is 1. The van der Waals surface area contributed by atoms with E-state index in [1.54, 1.807) is 108 Å². The maximum Gasteiger partial charge on any atom is 0.305 e. The standard InChI is InChI=1S/C93H121FN16O19S/c1-11-12-24-75(92(128)110-40-19-25-73(110)86(122)99-62(50-111)47-79(116)117)106(8)91(127)76(45-56-20-14-13-15-21-56)107(9)89(125)70(43-57-27-33-61(94)34-28-57)100-78(115)52-130-51-72(82(118)98-49-77(95)114)105-83(119)67(41-53(2)3)101-84(120)68(42-58-29-35-63(112)36-30-58)102-85(121)69(46-60-48-97-66-23-17-16-22-65(60)66)103-87(123)74-26-18-39-109(74)90(126)71(44-59-31-37-64(113)38-32-59)104-88(124)81(55(6)7)108(10)93(129)80(96)54(4)5/h13-17,20-23,27-38,48,50,53-54,62,67-76,80-81,97,112-113H,6,11-12,18-19,24-26,39-47,49,51-52,96H2,1-5,7-10H3,(H2,95,114)(H,98,118)(H,99,122)(H,100,115)(H,101,120)(H,102,121)(H,103,123)(H,104,124)(H,105,119)(H,116,117)/t62-,67-,68-,69-,70-,71-,72-,73+,74+,75-,76-,80-,81-/m0/s1. The molecule has 0 spiro atoms. The average molecular weight is 1820 g/mol. The number of carbonyl (C=O) groups excluding carboxylic acids is 15. The second-order valence-corrected chi connectivity index (χ2v) is 34.9. The zero-order valence-corrected chi connectivity index (χ0v) is 75.4. The van der Waals surface area contributed by atoms with Crippen LogP contribution in [0.3, 0.4) is 0 Å². The predicted molar refractivity (Wildman–Crippen MR) is 483 cm³/mol. The third-order valence-electron chi connectivity index (χ3n) is 23.0. The zero-order valence-electron chi connectivity index (χ0n) is 74.6. The van der Waals surface area contributed by atoms with Crippen LogP contribution in [0.15, 0.2) is 146 Å². The lowest BCUT2D eigenvalue weighted by Crippen LogP contribution is -2.61. The Labute approximate surface area is 758 Å². The van der Waals surface area contributed by atoms with Crippen LogP contribution in [0.25, 0.3) is 10.9 Å². The maximum absolute atomic E-state index is 15.5. The van der Waals surface area contributed by atoms with Crippen molar-refractivity contribution in [1.29, 1.82) is 0 Å². The first-order chi connectivity index (χ1) is 61.8. The van der Waals surface area contributed by atoms with Gasteiger partial charge in [0.2, 0.25) is 82.7 Å². The molecule has 0 radical (unpaired) electrons. The van der Waals surface area contributed by atoms with Crippen molar-refractivity contribution in [2.75, 3.05) is 52.3 Å². The van der Waals surface area contributed by atoms with Gasteiger partial charge in [-0.1, -0.05) is 139 Å². The third-order valence-corrected chi connectivity index (χ3v) is 24.0. The topological polar surface area (TPSA) is 514 Å². The van der Waals surface area contributed by atoms with E-state index in [0.717, 1.165) is 33.7 Å². The highest BCUT2D eigenvalue weighted by Crippen LogP contribution is 2.28. The fraction of sp³-hybridized carbons (Fsp3) is 0.462. The number of nitrogens with two attached hydrogens (primary N) is 2. The number of H-pyrrole nitrogens is 1. The number of aliphatic carboxylic acids is 1. The van der Waals surface area contributed by atoms with Gasteiger partial charge < -0.3 is 104 Å². The number of likely N-dealkylation sites (tertiary alicyclic amines) is 2. The number of benzene rings is 5. The summed E-state index contributed by atoms with van der Waals surface area (Å²) in [5.41, 5.74) is 15.1. The highest BCUT2D eigenvalue weighted by Gasteiger charge is 2.45. The Morgan fingerprint density at radius 3 is 1.65 bits per heavy atom. The number of likely N-dealkylation sites (N-methyl/N-ethyl adjacent to an activating group) is 3. The summed E-state index contributed by atoms with van der Waals surface area (Å²) in [6.07, 6.45) is 2.12. The number of carboxylic acids is 1. The first kappa shape index (κ1) is 102. The monoisotopic (exact) mass is 1820 g/mol. The van der Waals surface area contributed by atoms with Crippen LogP contribution in [0.4, 0.5) is 4.39 Å². The number of halogens is 1. The zero-order chi connectivity index (χ0) is 95.3. The van der Waals surface area contributed by atoms with Crippen molar-refractivity contribution in [2.24, 2.45) is 23.3 Å². The number of rotatable bonds is 48. The number of thioether (sulfide) groups is 1. The largest absolute Gasteiger partial charge is 0.508 e. The Kier molecular flexibility index (Phi) is 38.5. The lowest BCUT2D eigenvalue weighted by Gasteiger charge is -2.38. The fourth-order valence-electron chi connectivity index (χ4n) is 15.8. The van der Waals surface area contributed by atoms with E-state index in [-0.39, 0.29) is 106 Å². The van der Waals surface area contributed by atoms with Crippen LogP contribution in [0.2, 0.25) is 0 Å². The van der Waals surface area contributed by atoms with E-state index in [9.17, 15) is 62.9 Å². The lowest BCUT2D eigenvalue weighted by atomic mass is 9.99. The summed E-state index contributed by atoms with van der Waals surface area (Å²) < 4.78 is 14.5. The van der Waals surface area contributed by atoms with Crippen LogP contribution in [-0.2, 0) is 109 Å². The highest BCUT2D eigenvalue weighted by atomic mass is 32.2. The van der Waals surface area contributed by atoms with Gasteiger partial charge in [-0.3, -0.25) is 71.9 Å². The Bertz CT molecular complexity index is 5000. The minimum absolute atomic E-state index is 0.0172. The number of aromatic amines is 1. The highest BCUT2D eigenvalue weighted by molar-refractivity contribution is 8.00. The minimum atomic E-state index is -1.61. The summed E-state index contributed by atoms with van der Waals surface area (Å²) in [6.45, 7) is 13.8. The number of aromatic hydroxyl groups is 2. The molecule has 8 rings (SSSR count). The number of aromatic nitrogens is 1. The summed E-state index contributed by atoms with van der Waals surface area (Å²) in [5.74, 6) is -15.1. The van der Waals surface area contributed by atoms with Crippen molar-refractivity contribution in [3.63, 3.8) is 0 Å². The van der Waals surface area contributed by atoms with Crippen LogP contribution in [0.5, 0.6) is 11.5 Å². The van der Waals surface area contributed by atoms with Crippen LogP contribution >= 0.6 is 11.8 Å². The number of para-hydroxylation sites is 1. The van der Waals surface area contributed by atoms with E-state index in [0.29, 0.717) is 64.4 Å². The van der Waals surface area contributed by atoms with Gasteiger partial charge in [-0.05, 0) is 133 Å². The molecule has 0 saturated carbocycles. The SMILES string of the molecule is C=C(C)[C@@H](C(=O)N[C@@H](Cc1ccc(O)cc1)C(=O)N1CCC[C@@H]1C(=O)N[C@@H](Cc1c[nH]c2ccccc12)C(=O)N[C@@H](Cc1ccc(O)cc1)C(=O)N[C@@H](CC(C)C)C(=O)N[C@@H](CSCC(=O)N[C@@H](Cc1ccc(F)cc1)C(=O)N(C)[C@@H](Cc1ccccc1)C(=O)N(C)[C@@H](CCCC)C(=O)N1CCC[C@@H]1C(=O)N[C@H](C=O)CC(=O)O)C(=O)NCC(N)=O)N(C)C(=O)[C@@H](N)C(C)C. The van der Waals surface area contributed by atoms with Crippen molar-refractivity contribution in [3.05, 3.63) is 179 Å². The summed E-state index contributed by atoms with van der Waals surface area (Å²) >= 11 is 0.789. The number of aldehydes is 1. The van der Waals surface area contributed by atoms with E-state index >= 15 is 33.6 Å². The summed E-state index contributed by atoms with van der Waals surface area (Å²) in [7, 11) is 4.14. The number of carboxylic acid groups (broad SMARTS) is 1. The first-order valence-electron chi connectivity index (χ1n) is 43.4. The van der Waals surface area contributed by atoms with E-state index in [1.807, 2.05) is 6.92 Å². The molecule has 5 aromatic carbocycles. The molecule has 0 aliphatic carbocycles. The molecule has 2 aliphatic rings. The number of amides is 14. The smallest absolute Gasteiger partial charge is 0.305 e. The number of phenolic OH excluding ortho intramolecular Hbond substituents is 2. The minimum Gasteiger partial charge on any atom is -0.508 e. The van der Waals surface area contributed by atoms with Crippen LogP contribution in [-0.4, -0.2) is 271 Å². The third kappa shape index (κ3) is 29.2. The molecule has 2 aliphatic heterocycles. The first-order valence-corrected chi connectivity index (χ1v) is 44.6. The molecule has 16 N–H and O–H groups in total. The lowest BCUT2D eigenvalue weighted by molar-refractivity contribution is -0.152. The molecule has 6 aromatic rings. The van der Waals surface area contributed by atoms with Gasteiger partial charge in [0.1, 0.15) is 90.1 Å². The normalized spacial score (nSPS) is 16.2. The van der Waals surface area contributed by atoms with Gasteiger partial charge in [-0.15, -0.1) is 11.8 Å². The molecule has 14 amide bonds. The summed E-state index contributed by atoms with van der Waals surface area (Å²) in [5, 5.41) is 52.1. The number of phenols is 2. The number of carbonyl (C=O) groups is 16. The van der Waals surface area contributed by atoms with E-state index in [2.05, 4.69) is 54.1 Å². The molecule has 1 aromatic heterocycles. The maximum atomic E-state index is 15.5. The van der Waals surface area contributed by atoms with Crippen molar-refractivity contribution >= 4 is 118 Å². The Balaban J connectivity index is 1.03. The van der Waals surface area contributed by atoms with Crippen LogP contribution in [0, 0.1) is 17.7 Å². The molecule has 700 valence electrons. The molecule has 2 saturated heterocycles. The van der Waals surface area contributed by atoms with Crippen LogP contribution < -0.4 is 54.0 Å². The number of hydrogen-bond donors (Lipinski definition) is 14. The van der Waals surface area contributed by atoms with Crippen molar-refractivity contribution in [2.45, 2.75) is 210 Å². The van der Waals surface area contributed by atoms with Gasteiger partial charge in [-0.2, -0.15) is 0 Å². The van der Waals surface area contributed by atoms with E-state index in [4.69, 9.17) is 11.5 Å². The molecule has 13 atom stereocenters. The summed E-state index contributed by atoms with van der Waals surface area (Å²) in [4.78, 5) is 237. The van der Waals surface area contributed by atoms with Gasteiger partial charge in [-0.25, -0.2) is 4.39 Å². The molecule has 130 heavy (non-hydrogen) atoms. The summed E-state index contributed by atoms with van der Waals surface area (Å²) in [6, 6.07) is 14.7. The van der Waals surface area contributed by atoms with E-state index < -0.39 is 198 Å². The number of hydrogen-bond acceptors (Lipinski definition) is 20. The van der Waals surface area contributed by atoms with E-state index in [1.165, 1.54) is 84.4 Å². The molecule has 0 unspecified atom stereocenters. The van der Waals surface area contributed by atoms with Gasteiger partial charge in [0.05, 0.1) is 30.8 Å². The second kappa shape index (κ2) is 48.9. The van der Waals surface area contributed by atoms with Crippen molar-refractivity contribution < 1.29 is 96.4 Å². The predicted octanol–water partition coefficient (Wildman–Crippen LogP) is 2.89. The Morgan fingerprint density at radius 2 is 1.08 bits per heavy atom. The average Bonchev–Trinajstić information content (AvgIpc) is 1.52. The number of primary amides is 1. The molecule has 35 nitrogen and oxygen atoms in total. The number of nitrogens with one attached hydrogen (secondary N) is 9. The van der Waals surface area contributed by atoms with Crippen LogP contribution in [0.1, 0.15) is 127 Å². The van der Waals surface area contributed by atoms with Gasteiger partial charge in [0, 0.05) is 89.2 Å². The second-order valence-electron chi connectivity index (χ2n) is 33.8. The molecular weight excluding hydrogens is 1700 g/mol. The van der Waals surface area contributed by atoms with Gasteiger partial charge in [0.15, 0.2) is 0 Å². The number of fused-ring (bicyclic) bond motifs is 1. The quantitative estimate of drug-likeness (QED) is 0.0193. The van der Waals surface area contributed by atoms with Gasteiger partial charge >= 0.3 is 5.97 Å². The van der Waals surface area contributed by atoms with Crippen molar-refractivity contribution in [3.8, 4) is 11.5 Å². The molecule has 37 heteroatoms.